The van der Waals surface area contributed by atoms with Crippen LogP contribution < -0.4 is 15.0 Å². The van der Waals surface area contributed by atoms with Crippen LogP contribution in [0.2, 0.25) is 0 Å². The maximum absolute atomic E-state index is 13.2. The van der Waals surface area contributed by atoms with E-state index in [1.807, 2.05) is 71.3 Å². The zero-order chi connectivity index (χ0) is 28.5. The summed E-state index contributed by atoms with van der Waals surface area (Å²) in [5, 5.41) is 2.50. The number of fused-ring (bicyclic) bond motifs is 1. The Morgan fingerprint density at radius 2 is 1.75 bits per heavy atom. The van der Waals surface area contributed by atoms with Gasteiger partial charge in [-0.2, -0.15) is 0 Å². The molecule has 4 rings (SSSR count). The molecule has 2 heterocycles. The summed E-state index contributed by atoms with van der Waals surface area (Å²) >= 11 is 0. The Balaban J connectivity index is 1.21. The van der Waals surface area contributed by atoms with Crippen LogP contribution in [0.4, 0.5) is 10.5 Å². The van der Waals surface area contributed by atoms with Crippen LogP contribution in [0.1, 0.15) is 54.4 Å². The van der Waals surface area contributed by atoms with Crippen molar-refractivity contribution in [3.63, 3.8) is 0 Å². The minimum atomic E-state index is -0.412. The molecule has 2 aromatic rings. The molecule has 1 fully saturated rings. The third-order valence-corrected chi connectivity index (χ3v) is 7.58. The predicted molar refractivity (Wildman–Crippen MR) is 155 cm³/mol. The number of nitrogens with one attached hydrogen (secondary N) is 1. The number of carbonyl (C=O) groups is 3. The molecular weight excluding hydrogens is 508 g/mol. The molecule has 0 aliphatic carbocycles. The van der Waals surface area contributed by atoms with E-state index in [9.17, 15) is 14.4 Å². The molecule has 0 aromatic heterocycles. The quantitative estimate of drug-likeness (QED) is 0.424. The minimum absolute atomic E-state index is 0.0124. The van der Waals surface area contributed by atoms with Crippen LogP contribution in [-0.2, 0) is 16.0 Å². The van der Waals surface area contributed by atoms with Crippen LogP contribution in [0.3, 0.4) is 0 Å². The third kappa shape index (κ3) is 7.75. The first-order valence-electron chi connectivity index (χ1n) is 14.3. The smallest absolute Gasteiger partial charge is 0.407 e. The summed E-state index contributed by atoms with van der Waals surface area (Å²) in [6.07, 6.45) is 4.79. The second-order valence-electron chi connectivity index (χ2n) is 10.8. The van der Waals surface area contributed by atoms with Gasteiger partial charge in [-0.15, -0.1) is 0 Å². The van der Waals surface area contributed by atoms with Gasteiger partial charge in [-0.3, -0.25) is 9.59 Å². The van der Waals surface area contributed by atoms with Crippen molar-refractivity contribution in [2.24, 2.45) is 0 Å². The van der Waals surface area contributed by atoms with Crippen LogP contribution >= 0.6 is 0 Å². The van der Waals surface area contributed by atoms with E-state index in [-0.39, 0.29) is 24.0 Å². The maximum Gasteiger partial charge on any atom is 0.407 e. The Kier molecular flexibility index (Phi) is 10.4. The van der Waals surface area contributed by atoms with Crippen molar-refractivity contribution in [1.29, 1.82) is 0 Å². The molecule has 3 amide bonds. The Bertz CT molecular complexity index is 1140. The number of amides is 3. The number of likely N-dealkylation sites (N-methyl/N-ethyl adjacent to an activating group) is 1. The molecule has 9 heteroatoms. The van der Waals surface area contributed by atoms with E-state index in [2.05, 4.69) is 11.4 Å². The molecular formula is C31H42N4O5. The number of para-hydroxylation sites is 1. The molecule has 1 N–H and O–H groups in total. The topological polar surface area (TPSA) is 91.4 Å². The number of likely N-dealkylation sites (tertiary alicyclic amines) is 1. The number of rotatable bonds is 11. The van der Waals surface area contributed by atoms with E-state index in [4.69, 9.17) is 9.47 Å². The molecule has 1 saturated heterocycles. The first-order chi connectivity index (χ1) is 19.4. The summed E-state index contributed by atoms with van der Waals surface area (Å²) in [5.41, 5.74) is 2.90. The SMILES string of the molecule is CNC(=O)OC(CCCCOc1ccc(C(=O)N2CCC(N3C(=O)CCc4ccccc43)CC2)cc1)CN(C)C. The fraction of sp³-hybridized carbons (Fsp3) is 0.516. The zero-order valence-corrected chi connectivity index (χ0v) is 23.9. The van der Waals surface area contributed by atoms with Crippen molar-refractivity contribution in [2.75, 3.05) is 52.3 Å². The summed E-state index contributed by atoms with van der Waals surface area (Å²) in [7, 11) is 5.47. The molecule has 9 nitrogen and oxygen atoms in total. The van der Waals surface area contributed by atoms with Gasteiger partial charge in [-0.05, 0) is 88.5 Å². The number of hydrogen-bond acceptors (Lipinski definition) is 6. The van der Waals surface area contributed by atoms with Gasteiger partial charge in [-0.25, -0.2) is 4.79 Å². The lowest BCUT2D eigenvalue weighted by atomic mass is 9.95. The van der Waals surface area contributed by atoms with Crippen LogP contribution in [0, 0.1) is 0 Å². The predicted octanol–water partition coefficient (Wildman–Crippen LogP) is 4.11. The lowest BCUT2D eigenvalue weighted by molar-refractivity contribution is -0.119. The largest absolute Gasteiger partial charge is 0.494 e. The monoisotopic (exact) mass is 550 g/mol. The van der Waals surface area contributed by atoms with Crippen LogP contribution in [0.15, 0.2) is 48.5 Å². The number of alkyl carbamates (subject to hydrolysis) is 1. The summed E-state index contributed by atoms with van der Waals surface area (Å²) in [6.45, 7) is 2.48. The van der Waals surface area contributed by atoms with E-state index in [0.29, 0.717) is 38.2 Å². The highest BCUT2D eigenvalue weighted by Crippen LogP contribution is 2.32. The number of ether oxygens (including phenoxy) is 2. The van der Waals surface area contributed by atoms with Gasteiger partial charge in [-0.1, -0.05) is 18.2 Å². The summed E-state index contributed by atoms with van der Waals surface area (Å²) < 4.78 is 11.3. The van der Waals surface area contributed by atoms with Crippen molar-refractivity contribution < 1.29 is 23.9 Å². The summed E-state index contributed by atoms with van der Waals surface area (Å²) in [5.74, 6) is 0.923. The minimum Gasteiger partial charge on any atom is -0.494 e. The van der Waals surface area contributed by atoms with Crippen LogP contribution in [0.5, 0.6) is 5.75 Å². The van der Waals surface area contributed by atoms with E-state index >= 15 is 0 Å². The molecule has 40 heavy (non-hydrogen) atoms. The molecule has 0 radical (unpaired) electrons. The van der Waals surface area contributed by atoms with Gasteiger partial charge in [0.25, 0.3) is 5.91 Å². The standard InChI is InChI=1S/C31H42N4O5/c1-32-31(38)40-27(22-33(2)3)9-6-7-21-39-26-14-11-24(12-15-26)30(37)34-19-17-25(18-20-34)35-28-10-5-4-8-23(28)13-16-29(35)36/h4-5,8,10-12,14-15,25,27H,6-7,9,13,16-22H2,1-3H3,(H,32,38). The Morgan fingerprint density at radius 3 is 2.45 bits per heavy atom. The highest BCUT2D eigenvalue weighted by atomic mass is 16.6. The van der Waals surface area contributed by atoms with Crippen molar-refractivity contribution in [3.8, 4) is 5.75 Å². The summed E-state index contributed by atoms with van der Waals surface area (Å²) in [6, 6.07) is 15.6. The lowest BCUT2D eigenvalue weighted by Gasteiger charge is -2.41. The fourth-order valence-corrected chi connectivity index (χ4v) is 5.53. The van der Waals surface area contributed by atoms with Crippen molar-refractivity contribution in [3.05, 3.63) is 59.7 Å². The average Bonchev–Trinajstić information content (AvgIpc) is 2.96. The number of anilines is 1. The second kappa shape index (κ2) is 14.2. The van der Waals surface area contributed by atoms with Gasteiger partial charge in [0.05, 0.1) is 6.61 Å². The molecule has 2 aliphatic heterocycles. The van der Waals surface area contributed by atoms with Crippen LogP contribution in [0.25, 0.3) is 0 Å². The number of nitrogens with zero attached hydrogens (tertiary/aromatic N) is 3. The number of carbonyl (C=O) groups excluding carboxylic acids is 3. The van der Waals surface area contributed by atoms with Gasteiger partial charge in [0.15, 0.2) is 0 Å². The number of benzene rings is 2. The second-order valence-corrected chi connectivity index (χ2v) is 10.8. The fourth-order valence-electron chi connectivity index (χ4n) is 5.53. The zero-order valence-electron chi connectivity index (χ0n) is 23.9. The molecule has 2 aromatic carbocycles. The normalized spacial score (nSPS) is 16.4. The van der Waals surface area contributed by atoms with E-state index in [1.165, 1.54) is 5.56 Å². The molecule has 2 aliphatic rings. The Labute approximate surface area is 237 Å². The lowest BCUT2D eigenvalue weighted by Crippen LogP contribution is -2.50. The number of hydrogen-bond donors (Lipinski definition) is 1. The molecule has 0 saturated carbocycles. The highest BCUT2D eigenvalue weighted by Gasteiger charge is 2.33. The van der Waals surface area contributed by atoms with Gasteiger partial charge in [0, 0.05) is 50.4 Å². The average molecular weight is 551 g/mol. The van der Waals surface area contributed by atoms with Crippen molar-refractivity contribution in [2.45, 2.75) is 57.1 Å². The number of unbranched alkanes of at least 4 members (excludes halogenated alkanes) is 1. The van der Waals surface area contributed by atoms with E-state index in [0.717, 1.165) is 50.0 Å². The van der Waals surface area contributed by atoms with Crippen molar-refractivity contribution in [1.82, 2.24) is 15.1 Å². The van der Waals surface area contributed by atoms with Gasteiger partial charge >= 0.3 is 6.09 Å². The Hall–Kier alpha value is -3.59. The molecule has 1 unspecified atom stereocenters. The first kappa shape index (κ1) is 29.4. The molecule has 1 atom stereocenters. The van der Waals surface area contributed by atoms with E-state index < -0.39 is 6.09 Å². The highest BCUT2D eigenvalue weighted by molar-refractivity contribution is 5.97. The van der Waals surface area contributed by atoms with Gasteiger partial charge in [0.1, 0.15) is 11.9 Å². The molecule has 216 valence electrons. The summed E-state index contributed by atoms with van der Waals surface area (Å²) in [4.78, 5) is 43.4. The van der Waals surface area contributed by atoms with Gasteiger partial charge in [0.2, 0.25) is 5.91 Å². The first-order valence-corrected chi connectivity index (χ1v) is 14.3. The number of piperidine rings is 1. The van der Waals surface area contributed by atoms with E-state index in [1.54, 1.807) is 7.05 Å². The third-order valence-electron chi connectivity index (χ3n) is 7.58. The van der Waals surface area contributed by atoms with Gasteiger partial charge < -0.3 is 29.5 Å². The number of aryl methyl sites for hydroxylation is 1. The maximum atomic E-state index is 13.2. The Morgan fingerprint density at radius 1 is 1.02 bits per heavy atom. The molecule has 0 spiro atoms. The molecule has 0 bridgehead atoms. The van der Waals surface area contributed by atoms with Crippen molar-refractivity contribution >= 4 is 23.6 Å². The van der Waals surface area contributed by atoms with Crippen LogP contribution in [-0.4, -0.2) is 87.2 Å².